The van der Waals surface area contributed by atoms with E-state index in [9.17, 15) is 0 Å². The van der Waals surface area contributed by atoms with Crippen LogP contribution >= 0.6 is 11.6 Å². The molecule has 138 valence electrons. The third-order valence-electron chi connectivity index (χ3n) is 5.06. The molecule has 4 nitrogen and oxygen atoms in total. The zero-order valence-electron chi connectivity index (χ0n) is 15.3. The lowest BCUT2D eigenvalue weighted by molar-refractivity contribution is 0.414. The van der Waals surface area contributed by atoms with Crippen LogP contribution in [0.4, 0.5) is 5.95 Å². The summed E-state index contributed by atoms with van der Waals surface area (Å²) in [7, 11) is 1.68. The van der Waals surface area contributed by atoms with Gasteiger partial charge in [0.15, 0.2) is 0 Å². The van der Waals surface area contributed by atoms with Gasteiger partial charge in [0, 0.05) is 10.7 Å². The Balaban J connectivity index is 1.68. The molecule has 1 aliphatic heterocycles. The summed E-state index contributed by atoms with van der Waals surface area (Å²) in [6.07, 6.45) is 2.23. The first-order valence-corrected chi connectivity index (χ1v) is 9.46. The van der Waals surface area contributed by atoms with Gasteiger partial charge in [-0.05, 0) is 53.6 Å². The quantitative estimate of drug-likeness (QED) is 0.486. The number of hydrogen-bond donors (Lipinski definition) is 1. The SMILES string of the molecule is COc1ccc([C@H]2C=C(c3ccc(Cl)cc3)Nc3nc4ccccc4n32)cc1. The maximum Gasteiger partial charge on any atom is 0.209 e. The van der Waals surface area contributed by atoms with Gasteiger partial charge in [-0.25, -0.2) is 4.98 Å². The van der Waals surface area contributed by atoms with Gasteiger partial charge < -0.3 is 10.1 Å². The number of aromatic nitrogens is 2. The molecule has 0 spiro atoms. The summed E-state index contributed by atoms with van der Waals surface area (Å²) in [6.45, 7) is 0. The first-order valence-electron chi connectivity index (χ1n) is 9.08. The Morgan fingerprint density at radius 2 is 1.71 bits per heavy atom. The van der Waals surface area contributed by atoms with Gasteiger partial charge in [-0.15, -0.1) is 0 Å². The summed E-state index contributed by atoms with van der Waals surface area (Å²) in [5.41, 5.74) is 5.31. The largest absolute Gasteiger partial charge is 0.497 e. The van der Waals surface area contributed by atoms with Crippen molar-refractivity contribution in [2.24, 2.45) is 0 Å². The Kier molecular flexibility index (Phi) is 4.06. The van der Waals surface area contributed by atoms with Crippen molar-refractivity contribution in [1.82, 2.24) is 9.55 Å². The number of methoxy groups -OCH3 is 1. The summed E-state index contributed by atoms with van der Waals surface area (Å²) in [5, 5.41) is 4.21. The number of fused-ring (bicyclic) bond motifs is 3. The van der Waals surface area contributed by atoms with Gasteiger partial charge in [-0.1, -0.05) is 48.0 Å². The van der Waals surface area contributed by atoms with E-state index in [1.807, 2.05) is 54.6 Å². The molecular weight excluding hydrogens is 370 g/mol. The zero-order valence-corrected chi connectivity index (χ0v) is 16.0. The third kappa shape index (κ3) is 2.83. The Morgan fingerprint density at radius 3 is 2.46 bits per heavy atom. The Hall–Kier alpha value is -3.24. The van der Waals surface area contributed by atoms with Gasteiger partial charge >= 0.3 is 0 Å². The molecule has 0 radical (unpaired) electrons. The van der Waals surface area contributed by atoms with Gasteiger partial charge in [0.1, 0.15) is 5.75 Å². The number of para-hydroxylation sites is 2. The molecule has 3 aromatic carbocycles. The first kappa shape index (κ1) is 16.9. The number of imidazole rings is 1. The molecule has 0 unspecified atom stereocenters. The second-order valence-corrected chi connectivity index (χ2v) is 7.16. The van der Waals surface area contributed by atoms with E-state index in [1.165, 1.54) is 0 Å². The van der Waals surface area contributed by atoms with Gasteiger partial charge in [-0.3, -0.25) is 4.57 Å². The second kappa shape index (κ2) is 6.73. The predicted molar refractivity (Wildman–Crippen MR) is 114 cm³/mol. The highest BCUT2D eigenvalue weighted by atomic mass is 35.5. The van der Waals surface area contributed by atoms with Crippen LogP contribution in [-0.4, -0.2) is 16.7 Å². The molecule has 2 heterocycles. The van der Waals surface area contributed by atoms with Crippen LogP contribution in [0.25, 0.3) is 16.7 Å². The normalized spacial score (nSPS) is 15.6. The van der Waals surface area contributed by atoms with Gasteiger partial charge in [-0.2, -0.15) is 0 Å². The fourth-order valence-electron chi connectivity index (χ4n) is 3.65. The van der Waals surface area contributed by atoms with Crippen LogP contribution in [0.3, 0.4) is 0 Å². The van der Waals surface area contributed by atoms with Crippen molar-refractivity contribution < 1.29 is 4.74 Å². The van der Waals surface area contributed by atoms with Crippen molar-refractivity contribution in [2.45, 2.75) is 6.04 Å². The van der Waals surface area contributed by atoms with E-state index >= 15 is 0 Å². The van der Waals surface area contributed by atoms with E-state index in [4.69, 9.17) is 21.3 Å². The summed E-state index contributed by atoms with van der Waals surface area (Å²) in [4.78, 5) is 4.82. The standard InChI is InChI=1S/C23H18ClN3O/c1-28-18-12-8-16(9-13-18)22-14-20(15-6-10-17(24)11-7-15)26-23-25-19-4-2-3-5-21(19)27(22)23/h2-14,22H,1H3,(H,25,26)/t22-/m1/s1. The minimum absolute atomic E-state index is 0.0141. The number of nitrogens with zero attached hydrogens (tertiary/aromatic N) is 2. The summed E-state index contributed by atoms with van der Waals surface area (Å²) in [6, 6.07) is 24.2. The molecule has 1 aliphatic rings. The Bertz CT molecular complexity index is 1180. The topological polar surface area (TPSA) is 39.1 Å². The van der Waals surface area contributed by atoms with E-state index in [1.54, 1.807) is 7.11 Å². The average Bonchev–Trinajstić information content (AvgIpc) is 3.12. The molecule has 28 heavy (non-hydrogen) atoms. The van der Waals surface area contributed by atoms with Crippen molar-refractivity contribution in [2.75, 3.05) is 12.4 Å². The number of anilines is 1. The van der Waals surface area contributed by atoms with E-state index in [-0.39, 0.29) is 6.04 Å². The van der Waals surface area contributed by atoms with Crippen molar-refractivity contribution in [3.05, 3.63) is 95.0 Å². The van der Waals surface area contributed by atoms with Gasteiger partial charge in [0.25, 0.3) is 0 Å². The average molecular weight is 388 g/mol. The van der Waals surface area contributed by atoms with E-state index in [0.717, 1.165) is 44.6 Å². The lowest BCUT2D eigenvalue weighted by Crippen LogP contribution is -2.19. The molecule has 4 aromatic rings. The number of hydrogen-bond acceptors (Lipinski definition) is 3. The van der Waals surface area contributed by atoms with Gasteiger partial charge in [0.2, 0.25) is 5.95 Å². The van der Waals surface area contributed by atoms with Crippen molar-refractivity contribution in [1.29, 1.82) is 0 Å². The highest BCUT2D eigenvalue weighted by molar-refractivity contribution is 6.30. The number of allylic oxidation sites excluding steroid dienone is 1. The van der Waals surface area contributed by atoms with E-state index in [0.29, 0.717) is 0 Å². The monoisotopic (exact) mass is 387 g/mol. The molecule has 0 saturated heterocycles. The second-order valence-electron chi connectivity index (χ2n) is 6.72. The highest BCUT2D eigenvalue weighted by Crippen LogP contribution is 2.37. The van der Waals surface area contributed by atoms with Crippen LogP contribution in [0.2, 0.25) is 5.02 Å². The molecule has 1 N–H and O–H groups in total. The summed E-state index contributed by atoms with van der Waals surface area (Å²) < 4.78 is 7.56. The minimum Gasteiger partial charge on any atom is -0.497 e. The number of rotatable bonds is 3. The maximum atomic E-state index is 6.07. The van der Waals surface area contributed by atoms with Crippen LogP contribution in [0, 0.1) is 0 Å². The fraction of sp³-hybridized carbons (Fsp3) is 0.0870. The molecular formula is C23H18ClN3O. The Labute approximate surface area is 168 Å². The van der Waals surface area contributed by atoms with Crippen LogP contribution in [0.15, 0.2) is 78.9 Å². The molecule has 0 saturated carbocycles. The van der Waals surface area contributed by atoms with Crippen LogP contribution in [0.1, 0.15) is 17.2 Å². The van der Waals surface area contributed by atoms with E-state index in [2.05, 4.69) is 34.2 Å². The molecule has 1 atom stereocenters. The molecule has 5 rings (SSSR count). The molecule has 0 aliphatic carbocycles. The number of benzene rings is 3. The highest BCUT2D eigenvalue weighted by Gasteiger charge is 2.25. The number of ether oxygens (including phenoxy) is 1. The van der Waals surface area contributed by atoms with Crippen molar-refractivity contribution >= 4 is 34.3 Å². The smallest absolute Gasteiger partial charge is 0.209 e. The van der Waals surface area contributed by atoms with Gasteiger partial charge in [0.05, 0.1) is 24.2 Å². The minimum atomic E-state index is 0.0141. The summed E-state index contributed by atoms with van der Waals surface area (Å²) >= 11 is 6.07. The van der Waals surface area contributed by atoms with Crippen molar-refractivity contribution in [3.63, 3.8) is 0 Å². The van der Waals surface area contributed by atoms with Crippen LogP contribution < -0.4 is 10.1 Å². The first-order chi connectivity index (χ1) is 13.7. The summed E-state index contributed by atoms with van der Waals surface area (Å²) in [5.74, 6) is 1.67. The predicted octanol–water partition coefficient (Wildman–Crippen LogP) is 5.75. The lowest BCUT2D eigenvalue weighted by Gasteiger charge is -2.26. The Morgan fingerprint density at radius 1 is 0.964 bits per heavy atom. The molecule has 0 bridgehead atoms. The van der Waals surface area contributed by atoms with Crippen LogP contribution in [0.5, 0.6) is 5.75 Å². The maximum absolute atomic E-state index is 6.07. The van der Waals surface area contributed by atoms with E-state index < -0.39 is 0 Å². The number of halogens is 1. The molecule has 0 amide bonds. The lowest BCUT2D eigenvalue weighted by atomic mass is 10.0. The molecule has 1 aromatic heterocycles. The molecule has 5 heteroatoms. The fourth-order valence-corrected chi connectivity index (χ4v) is 3.78. The van der Waals surface area contributed by atoms with Crippen molar-refractivity contribution in [3.8, 4) is 5.75 Å². The van der Waals surface area contributed by atoms with Crippen LogP contribution in [-0.2, 0) is 0 Å². The molecule has 0 fully saturated rings. The number of nitrogens with one attached hydrogen (secondary N) is 1. The zero-order chi connectivity index (χ0) is 19.1. The third-order valence-corrected chi connectivity index (χ3v) is 5.31.